The Labute approximate surface area is 228 Å². The fourth-order valence-corrected chi connectivity index (χ4v) is 7.78. The van der Waals surface area contributed by atoms with Crippen molar-refractivity contribution in [3.05, 3.63) is 46.3 Å². The van der Waals surface area contributed by atoms with Crippen LogP contribution in [0.3, 0.4) is 0 Å². The molecule has 6 atom stereocenters. The molecule has 0 bridgehead atoms. The molecule has 3 heterocycles. The number of piperidine rings is 1. The van der Waals surface area contributed by atoms with Gasteiger partial charge >= 0.3 is 0 Å². The summed E-state index contributed by atoms with van der Waals surface area (Å²) >= 11 is 0. The molecule has 4 fully saturated rings. The van der Waals surface area contributed by atoms with E-state index in [-0.39, 0.29) is 37.4 Å². The van der Waals surface area contributed by atoms with E-state index >= 15 is 0 Å². The van der Waals surface area contributed by atoms with Crippen LogP contribution in [0.4, 0.5) is 10.1 Å². The van der Waals surface area contributed by atoms with Crippen molar-refractivity contribution in [3.8, 4) is 0 Å². The first kappa shape index (κ1) is 25.1. The standard InChI is InChI=1S/C30H38FN5O3/c1-17-5-3-6-22(18(17)2)34-11-12-35(24-8-4-7-23(24)34)27(38)16-36-25-14-19-13-20(19)28(25)29(32-36)30(39)33-10-9-26(37)21(31)15-33/h3,5-6,19-21,23-24,26,37H,4,7-16H2,1-2H3/t19-,20-,21-,23+,24+,26+/m1/s1. The zero-order valence-corrected chi connectivity index (χ0v) is 22.9. The molecular weight excluding hydrogens is 497 g/mol. The van der Waals surface area contributed by atoms with Crippen LogP contribution in [0.2, 0.25) is 0 Å². The van der Waals surface area contributed by atoms with E-state index in [0.29, 0.717) is 36.7 Å². The highest BCUT2D eigenvalue weighted by Crippen LogP contribution is 2.57. The van der Waals surface area contributed by atoms with Gasteiger partial charge in [0.1, 0.15) is 12.7 Å². The Hall–Kier alpha value is -2.94. The number of benzene rings is 1. The number of carbonyl (C=O) groups excluding carboxylic acids is 2. The average molecular weight is 536 g/mol. The van der Waals surface area contributed by atoms with E-state index in [4.69, 9.17) is 5.10 Å². The molecule has 0 spiro atoms. The molecule has 7 rings (SSSR count). The van der Waals surface area contributed by atoms with Crippen LogP contribution in [0.25, 0.3) is 0 Å². The van der Waals surface area contributed by atoms with Gasteiger partial charge in [0, 0.05) is 42.6 Å². The molecule has 2 aliphatic heterocycles. The van der Waals surface area contributed by atoms with E-state index in [1.807, 2.05) is 0 Å². The number of fused-ring (bicyclic) bond motifs is 4. The van der Waals surface area contributed by atoms with Crippen molar-refractivity contribution in [2.75, 3.05) is 31.1 Å². The predicted octanol–water partition coefficient (Wildman–Crippen LogP) is 2.97. The Balaban J connectivity index is 1.11. The maximum Gasteiger partial charge on any atom is 0.274 e. The molecule has 5 aliphatic rings. The minimum absolute atomic E-state index is 0.0716. The molecular formula is C30H38FN5O3. The molecule has 8 nitrogen and oxygen atoms in total. The van der Waals surface area contributed by atoms with Gasteiger partial charge in [-0.3, -0.25) is 14.3 Å². The largest absolute Gasteiger partial charge is 0.390 e. The lowest BCUT2D eigenvalue weighted by Crippen LogP contribution is -2.59. The highest BCUT2D eigenvalue weighted by atomic mass is 19.1. The summed E-state index contributed by atoms with van der Waals surface area (Å²) in [6.45, 7) is 6.20. The first-order valence-electron chi connectivity index (χ1n) is 14.6. The lowest BCUT2D eigenvalue weighted by molar-refractivity contribution is -0.135. The number of hydrogen-bond donors (Lipinski definition) is 1. The number of nitrogens with zero attached hydrogens (tertiary/aromatic N) is 5. The number of aliphatic hydroxyl groups is 1. The Morgan fingerprint density at radius 2 is 1.92 bits per heavy atom. The van der Waals surface area contributed by atoms with Gasteiger partial charge in [0.2, 0.25) is 5.91 Å². The molecule has 2 aromatic rings. The van der Waals surface area contributed by atoms with E-state index < -0.39 is 12.3 Å². The Morgan fingerprint density at radius 3 is 2.74 bits per heavy atom. The summed E-state index contributed by atoms with van der Waals surface area (Å²) in [5, 5.41) is 14.5. The van der Waals surface area contributed by atoms with E-state index in [1.54, 1.807) is 4.68 Å². The molecule has 2 saturated carbocycles. The minimum Gasteiger partial charge on any atom is -0.390 e. The van der Waals surface area contributed by atoms with E-state index in [0.717, 1.165) is 49.9 Å². The zero-order chi connectivity index (χ0) is 27.0. The molecule has 9 heteroatoms. The van der Waals surface area contributed by atoms with Gasteiger partial charge in [-0.25, -0.2) is 4.39 Å². The number of alkyl halides is 1. The molecule has 208 valence electrons. The summed E-state index contributed by atoms with van der Waals surface area (Å²) in [4.78, 5) is 33.3. The fraction of sp³-hybridized carbons (Fsp3) is 0.633. The number of rotatable bonds is 4. The second-order valence-corrected chi connectivity index (χ2v) is 12.4. The number of carbonyl (C=O) groups is 2. The number of hydrogen-bond acceptors (Lipinski definition) is 5. The summed E-state index contributed by atoms with van der Waals surface area (Å²) in [7, 11) is 0. The maximum absolute atomic E-state index is 14.2. The molecule has 1 aromatic heterocycles. The van der Waals surface area contributed by atoms with Crippen LogP contribution in [0.5, 0.6) is 0 Å². The van der Waals surface area contributed by atoms with E-state index in [9.17, 15) is 19.1 Å². The number of aliphatic hydroxyl groups excluding tert-OH is 1. The van der Waals surface area contributed by atoms with Crippen molar-refractivity contribution in [2.45, 2.75) is 89.2 Å². The van der Waals surface area contributed by atoms with Gasteiger partial charge in [0.15, 0.2) is 5.69 Å². The average Bonchev–Trinajstić information content (AvgIpc) is 3.24. The van der Waals surface area contributed by atoms with Gasteiger partial charge in [-0.1, -0.05) is 12.1 Å². The zero-order valence-electron chi connectivity index (χ0n) is 22.9. The van der Waals surface area contributed by atoms with Crippen molar-refractivity contribution in [3.63, 3.8) is 0 Å². The van der Waals surface area contributed by atoms with Crippen molar-refractivity contribution < 1.29 is 19.1 Å². The highest BCUT2D eigenvalue weighted by Gasteiger charge is 2.51. The molecule has 1 aromatic carbocycles. The van der Waals surface area contributed by atoms with Crippen LogP contribution < -0.4 is 4.90 Å². The smallest absolute Gasteiger partial charge is 0.274 e. The Morgan fingerprint density at radius 1 is 1.10 bits per heavy atom. The lowest BCUT2D eigenvalue weighted by Gasteiger charge is -2.46. The van der Waals surface area contributed by atoms with E-state index in [1.165, 1.54) is 21.7 Å². The predicted molar refractivity (Wildman–Crippen MR) is 145 cm³/mol. The normalized spacial score (nSPS) is 31.2. The number of likely N-dealkylation sites (tertiary alicyclic amines) is 1. The summed E-state index contributed by atoms with van der Waals surface area (Å²) in [5.74, 6) is 0.669. The molecule has 2 amide bonds. The molecule has 3 aliphatic carbocycles. The third-order valence-electron chi connectivity index (χ3n) is 10.2. The first-order chi connectivity index (χ1) is 18.8. The van der Waals surface area contributed by atoms with Crippen molar-refractivity contribution in [2.24, 2.45) is 5.92 Å². The summed E-state index contributed by atoms with van der Waals surface area (Å²) in [5.41, 5.74) is 6.28. The second-order valence-electron chi connectivity index (χ2n) is 12.4. The SMILES string of the molecule is Cc1cccc(N2CCN(C(=O)Cn3nc(C(=O)N4CC[C@H](O)[C@H](F)C4)c4c3C[C@H]3C[C@@H]43)[C@H]3CCC[C@@H]32)c1C. The molecule has 39 heavy (non-hydrogen) atoms. The van der Waals surface area contributed by atoms with Gasteiger partial charge < -0.3 is 19.8 Å². The minimum atomic E-state index is -1.44. The van der Waals surface area contributed by atoms with Crippen LogP contribution in [-0.4, -0.2) is 87.0 Å². The second kappa shape index (κ2) is 9.32. The number of halogens is 1. The lowest BCUT2D eigenvalue weighted by atomic mass is 10.00. The van der Waals surface area contributed by atoms with Crippen LogP contribution in [-0.2, 0) is 17.8 Å². The quantitative estimate of drug-likeness (QED) is 0.651. The number of anilines is 1. The Bertz CT molecular complexity index is 1330. The fourth-order valence-electron chi connectivity index (χ4n) is 7.78. The van der Waals surface area contributed by atoms with Crippen LogP contribution in [0.15, 0.2) is 18.2 Å². The molecule has 0 unspecified atom stereocenters. The first-order valence-corrected chi connectivity index (χ1v) is 14.6. The van der Waals surface area contributed by atoms with Gasteiger partial charge in [0.25, 0.3) is 5.91 Å². The number of aryl methyl sites for hydroxylation is 1. The number of amides is 2. The van der Waals surface area contributed by atoms with Crippen molar-refractivity contribution >= 4 is 17.5 Å². The molecule has 0 radical (unpaired) electrons. The van der Waals surface area contributed by atoms with Crippen molar-refractivity contribution in [1.82, 2.24) is 19.6 Å². The third kappa shape index (κ3) is 4.07. The van der Waals surface area contributed by atoms with Crippen LogP contribution in [0, 0.1) is 19.8 Å². The number of piperazine rings is 1. The summed E-state index contributed by atoms with van der Waals surface area (Å²) in [6.07, 6.45) is 2.89. The monoisotopic (exact) mass is 535 g/mol. The topological polar surface area (TPSA) is 81.9 Å². The third-order valence-corrected chi connectivity index (χ3v) is 10.2. The van der Waals surface area contributed by atoms with Gasteiger partial charge in [0.05, 0.1) is 18.7 Å². The highest BCUT2D eigenvalue weighted by molar-refractivity contribution is 5.95. The van der Waals surface area contributed by atoms with Crippen molar-refractivity contribution in [1.29, 1.82) is 0 Å². The maximum atomic E-state index is 14.2. The molecule has 1 N–H and O–H groups in total. The van der Waals surface area contributed by atoms with E-state index in [2.05, 4.69) is 41.8 Å². The summed E-state index contributed by atoms with van der Waals surface area (Å²) in [6, 6.07) is 6.99. The van der Waals surface area contributed by atoms with Crippen LogP contribution in [0.1, 0.15) is 70.9 Å². The number of aromatic nitrogens is 2. The van der Waals surface area contributed by atoms with Gasteiger partial charge in [-0.15, -0.1) is 0 Å². The van der Waals surface area contributed by atoms with Gasteiger partial charge in [-0.05, 0) is 81.4 Å². The summed E-state index contributed by atoms with van der Waals surface area (Å²) < 4.78 is 16.0. The van der Waals surface area contributed by atoms with Gasteiger partial charge in [-0.2, -0.15) is 5.10 Å². The Kier molecular flexibility index (Phi) is 5.99. The molecule has 2 saturated heterocycles. The van der Waals surface area contributed by atoms with Crippen LogP contribution >= 0.6 is 0 Å².